The van der Waals surface area contributed by atoms with Crippen LogP contribution in [0.5, 0.6) is 0 Å². The fraction of sp³-hybridized carbons (Fsp3) is 0.938. The van der Waals surface area contributed by atoms with Gasteiger partial charge in [0.15, 0.2) is 0 Å². The van der Waals surface area contributed by atoms with Crippen LogP contribution in [-0.2, 0) is 9.53 Å². The second-order valence-electron chi connectivity index (χ2n) is 6.10. The predicted octanol–water partition coefficient (Wildman–Crippen LogP) is 1.57. The summed E-state index contributed by atoms with van der Waals surface area (Å²) in [7, 11) is 0. The second-order valence-corrected chi connectivity index (χ2v) is 6.10. The number of aliphatic hydroxyl groups excluding tert-OH is 1. The van der Waals surface area contributed by atoms with Gasteiger partial charge >= 0.3 is 5.97 Å². The number of carbonyl (C=O) groups is 1. The van der Waals surface area contributed by atoms with Gasteiger partial charge in [0.2, 0.25) is 0 Å². The van der Waals surface area contributed by atoms with E-state index in [1.807, 2.05) is 6.92 Å². The Morgan fingerprint density at radius 1 is 1.29 bits per heavy atom. The van der Waals surface area contributed by atoms with Crippen LogP contribution in [0.25, 0.3) is 0 Å². The van der Waals surface area contributed by atoms with Crippen molar-refractivity contribution < 1.29 is 19.7 Å². The average molecular weight is 301 g/mol. The third-order valence-electron chi connectivity index (χ3n) is 4.30. The summed E-state index contributed by atoms with van der Waals surface area (Å²) < 4.78 is 5.06. The van der Waals surface area contributed by atoms with Crippen molar-refractivity contribution in [3.8, 4) is 0 Å². The van der Waals surface area contributed by atoms with Gasteiger partial charge in [0.1, 0.15) is 0 Å². The Kier molecular flexibility index (Phi) is 8.22. The summed E-state index contributed by atoms with van der Waals surface area (Å²) in [6.07, 6.45) is 4.81. The van der Waals surface area contributed by atoms with Crippen molar-refractivity contribution in [3.05, 3.63) is 0 Å². The Morgan fingerprint density at radius 2 is 1.95 bits per heavy atom. The van der Waals surface area contributed by atoms with Crippen molar-refractivity contribution in [2.75, 3.05) is 32.8 Å². The molecule has 0 aromatic heterocycles. The van der Waals surface area contributed by atoms with Crippen LogP contribution in [0.3, 0.4) is 0 Å². The van der Waals surface area contributed by atoms with Gasteiger partial charge in [-0.05, 0) is 45.6 Å². The minimum atomic E-state index is -0.730. The summed E-state index contributed by atoms with van der Waals surface area (Å²) in [6.45, 7) is 6.58. The minimum absolute atomic E-state index is 0.0628. The predicted molar refractivity (Wildman–Crippen MR) is 82.0 cm³/mol. The van der Waals surface area contributed by atoms with Crippen molar-refractivity contribution in [1.82, 2.24) is 4.90 Å². The normalized spacial score (nSPS) is 26.0. The van der Waals surface area contributed by atoms with Crippen molar-refractivity contribution in [2.24, 2.45) is 5.92 Å². The zero-order chi connectivity index (χ0) is 15.7. The highest BCUT2D eigenvalue weighted by Gasteiger charge is 2.37. The lowest BCUT2D eigenvalue weighted by Gasteiger charge is -2.38. The number of rotatable bonds is 9. The smallest absolute Gasteiger partial charge is 0.308 e. The van der Waals surface area contributed by atoms with Gasteiger partial charge in [-0.1, -0.05) is 13.3 Å². The SMILES string of the molecule is CCCCN(CCO)CC1(O)CCC(C(=O)OCC)CC1. The van der Waals surface area contributed by atoms with Crippen LogP contribution < -0.4 is 0 Å². The molecule has 2 N–H and O–H groups in total. The van der Waals surface area contributed by atoms with E-state index in [2.05, 4.69) is 11.8 Å². The Hall–Kier alpha value is -0.650. The molecule has 0 aliphatic heterocycles. The number of nitrogens with zero attached hydrogens (tertiary/aromatic N) is 1. The summed E-state index contributed by atoms with van der Waals surface area (Å²) in [5, 5.41) is 19.9. The van der Waals surface area contributed by atoms with Crippen molar-refractivity contribution in [1.29, 1.82) is 0 Å². The van der Waals surface area contributed by atoms with Crippen LogP contribution >= 0.6 is 0 Å². The zero-order valence-electron chi connectivity index (χ0n) is 13.5. The molecule has 1 saturated carbocycles. The summed E-state index contributed by atoms with van der Waals surface area (Å²) >= 11 is 0. The number of ether oxygens (including phenoxy) is 1. The van der Waals surface area contributed by atoms with Gasteiger partial charge < -0.3 is 14.9 Å². The third-order valence-corrected chi connectivity index (χ3v) is 4.30. The first-order valence-electron chi connectivity index (χ1n) is 8.27. The number of esters is 1. The van der Waals surface area contributed by atoms with Crippen LogP contribution in [-0.4, -0.2) is 59.5 Å². The van der Waals surface area contributed by atoms with Crippen LogP contribution in [0.1, 0.15) is 52.4 Å². The lowest BCUT2D eigenvalue weighted by atomic mass is 9.78. The standard InChI is InChI=1S/C16H31NO4/c1-3-5-10-17(11-12-18)13-16(20)8-6-14(7-9-16)15(19)21-4-2/h14,18,20H,3-13H2,1-2H3. The van der Waals surface area contributed by atoms with Crippen LogP contribution in [0.15, 0.2) is 0 Å². The maximum atomic E-state index is 11.7. The molecule has 1 rings (SSSR count). The number of carbonyl (C=O) groups excluding carboxylic acids is 1. The largest absolute Gasteiger partial charge is 0.466 e. The van der Waals surface area contributed by atoms with E-state index in [4.69, 9.17) is 9.84 Å². The monoisotopic (exact) mass is 301 g/mol. The molecule has 0 radical (unpaired) electrons. The molecule has 1 aliphatic rings. The topological polar surface area (TPSA) is 70.0 Å². The molecular weight excluding hydrogens is 270 g/mol. The molecule has 0 heterocycles. The van der Waals surface area contributed by atoms with Crippen molar-refractivity contribution in [3.63, 3.8) is 0 Å². The Morgan fingerprint density at radius 3 is 2.48 bits per heavy atom. The molecule has 5 nitrogen and oxygen atoms in total. The highest BCUT2D eigenvalue weighted by molar-refractivity contribution is 5.72. The van der Waals surface area contributed by atoms with Crippen LogP contribution in [0.2, 0.25) is 0 Å². The highest BCUT2D eigenvalue weighted by Crippen LogP contribution is 2.33. The van der Waals surface area contributed by atoms with Gasteiger partial charge in [-0.15, -0.1) is 0 Å². The number of unbranched alkanes of at least 4 members (excludes halogenated alkanes) is 1. The van der Waals surface area contributed by atoms with Gasteiger partial charge in [0.25, 0.3) is 0 Å². The van der Waals surface area contributed by atoms with E-state index >= 15 is 0 Å². The molecule has 0 amide bonds. The highest BCUT2D eigenvalue weighted by atomic mass is 16.5. The molecule has 21 heavy (non-hydrogen) atoms. The Labute approximate surface area is 128 Å². The second kappa shape index (κ2) is 9.38. The maximum Gasteiger partial charge on any atom is 0.308 e. The molecule has 0 aromatic carbocycles. The molecule has 0 atom stereocenters. The molecule has 5 heteroatoms. The summed E-state index contributed by atoms with van der Waals surface area (Å²) in [5.74, 6) is -0.190. The summed E-state index contributed by atoms with van der Waals surface area (Å²) in [4.78, 5) is 13.9. The van der Waals surface area contributed by atoms with Gasteiger partial charge in [-0.3, -0.25) is 9.69 Å². The fourth-order valence-electron chi connectivity index (χ4n) is 3.02. The lowest BCUT2D eigenvalue weighted by molar-refractivity contribution is -0.151. The molecule has 0 spiro atoms. The van der Waals surface area contributed by atoms with E-state index < -0.39 is 5.60 Å². The van der Waals surface area contributed by atoms with Crippen molar-refractivity contribution >= 4 is 5.97 Å². The lowest BCUT2D eigenvalue weighted by Crippen LogP contribution is -2.47. The van der Waals surface area contributed by atoms with E-state index in [0.29, 0.717) is 45.4 Å². The molecule has 0 bridgehead atoms. The van der Waals surface area contributed by atoms with E-state index in [0.717, 1.165) is 19.4 Å². The van der Waals surface area contributed by atoms with E-state index in [9.17, 15) is 9.90 Å². The first-order chi connectivity index (χ1) is 10.0. The average Bonchev–Trinajstić information content (AvgIpc) is 2.46. The Balaban J connectivity index is 2.45. The summed E-state index contributed by atoms with van der Waals surface area (Å²) in [6, 6.07) is 0. The minimum Gasteiger partial charge on any atom is -0.466 e. The van der Waals surface area contributed by atoms with Crippen LogP contribution in [0, 0.1) is 5.92 Å². The van der Waals surface area contributed by atoms with Gasteiger partial charge in [0, 0.05) is 13.1 Å². The molecule has 0 aromatic rings. The number of hydrogen-bond donors (Lipinski definition) is 2. The van der Waals surface area contributed by atoms with Gasteiger partial charge in [-0.2, -0.15) is 0 Å². The molecule has 1 fully saturated rings. The quantitative estimate of drug-likeness (QED) is 0.633. The van der Waals surface area contributed by atoms with E-state index in [1.165, 1.54) is 0 Å². The molecular formula is C16H31NO4. The van der Waals surface area contributed by atoms with Gasteiger partial charge in [-0.25, -0.2) is 0 Å². The zero-order valence-corrected chi connectivity index (χ0v) is 13.5. The number of aliphatic hydroxyl groups is 2. The third kappa shape index (κ3) is 6.32. The first kappa shape index (κ1) is 18.4. The van der Waals surface area contributed by atoms with Gasteiger partial charge in [0.05, 0.1) is 24.7 Å². The molecule has 1 aliphatic carbocycles. The van der Waals surface area contributed by atoms with E-state index in [-0.39, 0.29) is 18.5 Å². The molecule has 124 valence electrons. The fourth-order valence-corrected chi connectivity index (χ4v) is 3.02. The summed E-state index contributed by atoms with van der Waals surface area (Å²) in [5.41, 5.74) is -0.730. The molecule has 0 saturated heterocycles. The van der Waals surface area contributed by atoms with Crippen molar-refractivity contribution in [2.45, 2.75) is 58.0 Å². The van der Waals surface area contributed by atoms with Crippen LogP contribution in [0.4, 0.5) is 0 Å². The molecule has 0 unspecified atom stereocenters. The van der Waals surface area contributed by atoms with E-state index in [1.54, 1.807) is 0 Å². The Bertz CT molecular complexity index is 301. The maximum absolute atomic E-state index is 11.7. The first-order valence-corrected chi connectivity index (χ1v) is 8.27. The number of hydrogen-bond acceptors (Lipinski definition) is 5.